The first kappa shape index (κ1) is 26.3. The van der Waals surface area contributed by atoms with Gasteiger partial charge in [0.25, 0.3) is 5.56 Å². The molecule has 0 spiro atoms. The topological polar surface area (TPSA) is 123 Å². The predicted molar refractivity (Wildman–Crippen MR) is 136 cm³/mol. The van der Waals surface area contributed by atoms with E-state index in [1.54, 1.807) is 20.3 Å². The predicted octanol–water partition coefficient (Wildman–Crippen LogP) is 2.34. The van der Waals surface area contributed by atoms with Crippen LogP contribution in [0.3, 0.4) is 0 Å². The first-order chi connectivity index (χ1) is 16.8. The quantitative estimate of drug-likeness (QED) is 0.499. The number of benzene rings is 1. The molecule has 0 saturated heterocycles. The minimum atomic E-state index is -0.625. The van der Waals surface area contributed by atoms with Crippen molar-refractivity contribution in [3.05, 3.63) is 44.6 Å². The molecule has 3 N–H and O–H groups in total. The van der Waals surface area contributed by atoms with Crippen LogP contribution in [0.1, 0.15) is 51.0 Å². The van der Waals surface area contributed by atoms with Crippen LogP contribution < -0.4 is 31.4 Å². The number of ether oxygens (including phenoxy) is 2. The standard InChI is InChI=1S/C25H37N5O5/c1-5-6-13-29-23(26)22(24(32)27-25(29)33)30(18-9-7-8-10-18)21(31)16-28(2)15-17-11-12-19(34-3)14-20(17)35-4/h11-12,14,18H,5-10,13,15-16,26H2,1-4H3,(H,27,32,33). The Kier molecular flexibility index (Phi) is 8.97. The number of nitrogens with two attached hydrogens (primary N) is 1. The van der Waals surface area contributed by atoms with Gasteiger partial charge in [-0.05, 0) is 32.4 Å². The van der Waals surface area contributed by atoms with E-state index in [0.717, 1.165) is 44.1 Å². The Morgan fingerprint density at radius 3 is 2.54 bits per heavy atom. The van der Waals surface area contributed by atoms with Gasteiger partial charge in [0.05, 0.1) is 20.8 Å². The Balaban J connectivity index is 1.90. The van der Waals surface area contributed by atoms with Crippen LogP contribution in [-0.4, -0.2) is 54.2 Å². The normalized spacial score (nSPS) is 13.9. The molecule has 192 valence electrons. The summed E-state index contributed by atoms with van der Waals surface area (Å²) >= 11 is 0. The summed E-state index contributed by atoms with van der Waals surface area (Å²) in [6.45, 7) is 2.92. The number of hydrogen-bond acceptors (Lipinski definition) is 7. The minimum Gasteiger partial charge on any atom is -0.497 e. The molecule has 1 saturated carbocycles. The van der Waals surface area contributed by atoms with E-state index < -0.39 is 11.2 Å². The number of carbonyl (C=O) groups excluding carboxylic acids is 1. The molecule has 35 heavy (non-hydrogen) atoms. The molecule has 0 radical (unpaired) electrons. The number of H-pyrrole nitrogens is 1. The van der Waals surface area contributed by atoms with Crippen molar-refractivity contribution < 1.29 is 14.3 Å². The number of methoxy groups -OCH3 is 2. The lowest BCUT2D eigenvalue weighted by atomic mass is 10.1. The number of nitrogens with zero attached hydrogens (tertiary/aromatic N) is 3. The van der Waals surface area contributed by atoms with Gasteiger partial charge in [0.1, 0.15) is 17.3 Å². The van der Waals surface area contributed by atoms with E-state index in [1.165, 1.54) is 9.47 Å². The van der Waals surface area contributed by atoms with Crippen molar-refractivity contribution >= 4 is 17.4 Å². The SMILES string of the molecule is CCCCn1c(N)c(N(C(=O)CN(C)Cc2ccc(OC)cc2OC)C2CCCC2)c(=O)[nH]c1=O. The molecule has 1 amide bonds. The molecule has 10 heteroatoms. The Morgan fingerprint density at radius 2 is 1.91 bits per heavy atom. The highest BCUT2D eigenvalue weighted by atomic mass is 16.5. The lowest BCUT2D eigenvalue weighted by Crippen LogP contribution is -2.48. The Morgan fingerprint density at radius 1 is 1.20 bits per heavy atom. The maximum atomic E-state index is 13.6. The van der Waals surface area contributed by atoms with E-state index in [1.807, 2.05) is 31.0 Å². The number of hydrogen-bond donors (Lipinski definition) is 2. The first-order valence-electron chi connectivity index (χ1n) is 12.1. The van der Waals surface area contributed by atoms with Crippen molar-refractivity contribution in [3.8, 4) is 11.5 Å². The molecule has 1 fully saturated rings. The second kappa shape index (κ2) is 11.9. The fourth-order valence-corrected chi connectivity index (χ4v) is 4.66. The summed E-state index contributed by atoms with van der Waals surface area (Å²) in [5.74, 6) is 1.17. The van der Waals surface area contributed by atoms with Gasteiger partial charge >= 0.3 is 5.69 Å². The molecule has 2 aromatic rings. The lowest BCUT2D eigenvalue weighted by molar-refractivity contribution is -0.120. The number of nitrogen functional groups attached to an aromatic ring is 1. The Hall–Kier alpha value is -3.27. The second-order valence-corrected chi connectivity index (χ2v) is 9.05. The number of likely N-dealkylation sites (N-methyl/N-ethyl adjacent to an activating group) is 1. The van der Waals surface area contributed by atoms with Crippen LogP contribution in [-0.2, 0) is 17.9 Å². The third kappa shape index (κ3) is 6.05. The average Bonchev–Trinajstić information content (AvgIpc) is 3.35. The molecule has 3 rings (SSSR count). The summed E-state index contributed by atoms with van der Waals surface area (Å²) in [6.07, 6.45) is 5.12. The molecule has 0 unspecified atom stereocenters. The van der Waals surface area contributed by atoms with E-state index in [0.29, 0.717) is 24.6 Å². The maximum absolute atomic E-state index is 13.6. The summed E-state index contributed by atoms with van der Waals surface area (Å²) < 4.78 is 12.1. The molecular weight excluding hydrogens is 450 g/mol. The molecule has 1 aliphatic rings. The van der Waals surface area contributed by atoms with Crippen LogP contribution in [0, 0.1) is 0 Å². The summed E-state index contributed by atoms with van der Waals surface area (Å²) in [7, 11) is 5.02. The fraction of sp³-hybridized carbons (Fsp3) is 0.560. The van der Waals surface area contributed by atoms with Crippen molar-refractivity contribution in [2.75, 3.05) is 38.4 Å². The minimum absolute atomic E-state index is 0.0481. The van der Waals surface area contributed by atoms with Gasteiger partial charge in [-0.3, -0.25) is 24.0 Å². The van der Waals surface area contributed by atoms with Crippen LogP contribution in [0.4, 0.5) is 11.5 Å². The van der Waals surface area contributed by atoms with Gasteiger partial charge in [-0.2, -0.15) is 0 Å². The zero-order chi connectivity index (χ0) is 25.5. The monoisotopic (exact) mass is 487 g/mol. The molecule has 1 aliphatic carbocycles. The summed E-state index contributed by atoms with van der Waals surface area (Å²) in [5.41, 5.74) is 6.17. The van der Waals surface area contributed by atoms with E-state index in [2.05, 4.69) is 4.98 Å². The molecule has 0 atom stereocenters. The fourth-order valence-electron chi connectivity index (χ4n) is 4.66. The van der Waals surface area contributed by atoms with Gasteiger partial charge in [0.2, 0.25) is 5.91 Å². The number of anilines is 2. The van der Waals surface area contributed by atoms with E-state index >= 15 is 0 Å². The van der Waals surface area contributed by atoms with Crippen LogP contribution in [0.15, 0.2) is 27.8 Å². The molecule has 0 aliphatic heterocycles. The number of nitrogens with one attached hydrogen (secondary N) is 1. The van der Waals surface area contributed by atoms with Gasteiger partial charge in [-0.15, -0.1) is 0 Å². The highest BCUT2D eigenvalue weighted by Crippen LogP contribution is 2.30. The highest BCUT2D eigenvalue weighted by molar-refractivity contribution is 5.97. The zero-order valence-corrected chi connectivity index (χ0v) is 21.1. The Labute approximate surface area is 205 Å². The summed E-state index contributed by atoms with van der Waals surface area (Å²) in [5, 5.41) is 0. The van der Waals surface area contributed by atoms with Crippen LogP contribution in [0.2, 0.25) is 0 Å². The largest absolute Gasteiger partial charge is 0.497 e. The summed E-state index contributed by atoms with van der Waals surface area (Å²) in [4.78, 5) is 44.7. The van der Waals surface area contributed by atoms with Crippen molar-refractivity contribution in [3.63, 3.8) is 0 Å². The van der Waals surface area contributed by atoms with Crippen molar-refractivity contribution in [1.82, 2.24) is 14.5 Å². The van der Waals surface area contributed by atoms with Gasteiger partial charge < -0.3 is 20.1 Å². The molecule has 10 nitrogen and oxygen atoms in total. The Bertz CT molecular complexity index is 1140. The van der Waals surface area contributed by atoms with Gasteiger partial charge in [-0.25, -0.2) is 4.79 Å². The van der Waals surface area contributed by atoms with E-state index in [-0.39, 0.29) is 30.0 Å². The lowest BCUT2D eigenvalue weighted by Gasteiger charge is -2.31. The highest BCUT2D eigenvalue weighted by Gasteiger charge is 2.33. The first-order valence-corrected chi connectivity index (χ1v) is 12.1. The van der Waals surface area contributed by atoms with Crippen LogP contribution >= 0.6 is 0 Å². The van der Waals surface area contributed by atoms with E-state index in [9.17, 15) is 14.4 Å². The zero-order valence-electron chi connectivity index (χ0n) is 21.1. The van der Waals surface area contributed by atoms with Crippen molar-refractivity contribution in [2.24, 2.45) is 0 Å². The molecule has 1 heterocycles. The smallest absolute Gasteiger partial charge is 0.330 e. The molecule has 1 aromatic heterocycles. The van der Waals surface area contributed by atoms with Crippen LogP contribution in [0.5, 0.6) is 11.5 Å². The van der Waals surface area contributed by atoms with Crippen LogP contribution in [0.25, 0.3) is 0 Å². The van der Waals surface area contributed by atoms with Crippen molar-refractivity contribution in [2.45, 2.75) is 64.6 Å². The number of unbranched alkanes of at least 4 members (excludes halogenated alkanes) is 1. The molecular formula is C25H37N5O5. The second-order valence-electron chi connectivity index (χ2n) is 9.05. The van der Waals surface area contributed by atoms with Gasteiger partial charge in [0, 0.05) is 30.8 Å². The van der Waals surface area contributed by atoms with E-state index in [4.69, 9.17) is 15.2 Å². The van der Waals surface area contributed by atoms with Gasteiger partial charge in [0.15, 0.2) is 5.69 Å². The number of carbonyl (C=O) groups is 1. The number of amides is 1. The molecule has 1 aromatic carbocycles. The third-order valence-corrected chi connectivity index (χ3v) is 6.49. The number of rotatable bonds is 11. The third-order valence-electron chi connectivity index (χ3n) is 6.49. The number of aromatic amines is 1. The average molecular weight is 488 g/mol. The van der Waals surface area contributed by atoms with Crippen molar-refractivity contribution in [1.29, 1.82) is 0 Å². The number of aromatic nitrogens is 2. The maximum Gasteiger partial charge on any atom is 0.330 e. The summed E-state index contributed by atoms with van der Waals surface area (Å²) in [6, 6.07) is 5.42. The molecule has 0 bridgehead atoms. The van der Waals surface area contributed by atoms with Gasteiger partial charge in [-0.1, -0.05) is 32.3 Å².